The molecule has 0 unspecified atom stereocenters. The maximum Gasteiger partial charge on any atom is 0.140 e. The monoisotopic (exact) mass is 436 g/mol. The molecule has 2 aliphatic rings. The molecule has 2 N–H and O–H groups in total. The number of carboxylic acid groups (broad SMARTS) is 1. The lowest BCUT2D eigenvalue weighted by atomic mass is 10.2. The number of nitrogens with one attached hydrogen (secondary N) is 2. The van der Waals surface area contributed by atoms with Gasteiger partial charge in [0.15, 0.2) is 0 Å². The van der Waals surface area contributed by atoms with Crippen LogP contribution in [0, 0.1) is 6.92 Å². The van der Waals surface area contributed by atoms with Crippen molar-refractivity contribution in [3.05, 3.63) is 65.1 Å². The lowest BCUT2D eigenvalue weighted by Gasteiger charge is -2.32. The molecule has 0 bridgehead atoms. The van der Waals surface area contributed by atoms with E-state index < -0.39 is 5.97 Å². The highest BCUT2D eigenvalue weighted by Crippen LogP contribution is 2.38. The van der Waals surface area contributed by atoms with Gasteiger partial charge in [-0.2, -0.15) is 0 Å². The van der Waals surface area contributed by atoms with E-state index in [1.807, 2.05) is 11.3 Å². The van der Waals surface area contributed by atoms with Crippen LogP contribution in [0.25, 0.3) is 0 Å². The molecule has 0 aliphatic carbocycles. The molecule has 1 saturated heterocycles. The zero-order valence-corrected chi connectivity index (χ0v) is 18.3. The minimum absolute atomic E-state index is 0.141. The van der Waals surface area contributed by atoms with Gasteiger partial charge in [0, 0.05) is 17.3 Å². The summed E-state index contributed by atoms with van der Waals surface area (Å²) >= 11 is 1.81. The SMILES string of the molecule is Cc1cc2c(s1)Nc1ccccc1N=C2N1CC[NH+](C)CC1.O=C([O-])c1cnccn1. The van der Waals surface area contributed by atoms with Gasteiger partial charge in [-0.15, -0.1) is 11.3 Å². The van der Waals surface area contributed by atoms with Crippen molar-refractivity contribution in [2.24, 2.45) is 4.99 Å². The number of carbonyl (C=O) groups is 1. The molecule has 0 amide bonds. The molecule has 1 aromatic carbocycles. The van der Waals surface area contributed by atoms with Gasteiger partial charge in [-0.3, -0.25) is 9.97 Å². The van der Waals surface area contributed by atoms with Crippen LogP contribution in [0.2, 0.25) is 0 Å². The maximum atomic E-state index is 9.99. The third-order valence-corrected chi connectivity index (χ3v) is 6.13. The van der Waals surface area contributed by atoms with Gasteiger partial charge in [-0.25, -0.2) is 4.99 Å². The van der Waals surface area contributed by atoms with E-state index in [9.17, 15) is 9.90 Å². The van der Waals surface area contributed by atoms with Gasteiger partial charge in [0.05, 0.1) is 62.3 Å². The van der Waals surface area contributed by atoms with Crippen LogP contribution < -0.4 is 15.3 Å². The van der Waals surface area contributed by atoms with Crippen LogP contribution in [0.15, 0.2) is 53.9 Å². The standard InChI is InChI=1S/C17H20N4S.C5H4N2O2/c1-12-11-13-16(21-9-7-20(2)8-10-21)18-14-5-3-4-6-15(14)19-17(13)22-12;8-5(9)4-3-6-1-2-7-4/h3-6,11,19H,7-10H2,1-2H3;1-3H,(H,8,9). The number of quaternary nitrogens is 1. The second-order valence-electron chi connectivity index (χ2n) is 7.50. The predicted molar refractivity (Wildman–Crippen MR) is 120 cm³/mol. The van der Waals surface area contributed by atoms with Crippen LogP contribution in [0.3, 0.4) is 0 Å². The molecule has 0 radical (unpaired) electrons. The summed E-state index contributed by atoms with van der Waals surface area (Å²) in [7, 11) is 2.27. The number of carboxylic acids is 1. The Hall–Kier alpha value is -3.30. The Morgan fingerprint density at radius 1 is 1.23 bits per heavy atom. The number of rotatable bonds is 1. The van der Waals surface area contributed by atoms with Crippen molar-refractivity contribution in [3.63, 3.8) is 0 Å². The summed E-state index contributed by atoms with van der Waals surface area (Å²) in [6.07, 6.45) is 3.83. The van der Waals surface area contributed by atoms with Crippen molar-refractivity contribution in [1.29, 1.82) is 0 Å². The molecule has 8 nitrogen and oxygen atoms in total. The van der Waals surface area contributed by atoms with E-state index in [0.717, 1.165) is 36.5 Å². The molecule has 5 rings (SSSR count). The van der Waals surface area contributed by atoms with Gasteiger partial charge in [-0.05, 0) is 25.1 Å². The topological polar surface area (TPSA) is 98.0 Å². The van der Waals surface area contributed by atoms with Crippen molar-refractivity contribution in [2.75, 3.05) is 38.5 Å². The number of aliphatic imine (C=N–C) groups is 1. The van der Waals surface area contributed by atoms with Crippen molar-refractivity contribution < 1.29 is 14.8 Å². The fraction of sp³-hybridized carbons (Fsp3) is 0.273. The lowest BCUT2D eigenvalue weighted by molar-refractivity contribution is -0.883. The number of fused-ring (bicyclic) bond motifs is 2. The number of anilines is 2. The van der Waals surface area contributed by atoms with E-state index in [-0.39, 0.29) is 5.69 Å². The molecule has 3 aromatic rings. The molecule has 0 spiro atoms. The first-order chi connectivity index (χ1) is 15.0. The third-order valence-electron chi connectivity index (χ3n) is 5.16. The molecule has 31 heavy (non-hydrogen) atoms. The second-order valence-corrected chi connectivity index (χ2v) is 8.76. The molecule has 1 fully saturated rings. The van der Waals surface area contributed by atoms with Crippen molar-refractivity contribution >= 4 is 39.5 Å². The van der Waals surface area contributed by atoms with E-state index in [2.05, 4.69) is 64.5 Å². The minimum atomic E-state index is -1.30. The van der Waals surface area contributed by atoms with E-state index in [4.69, 9.17) is 4.99 Å². The van der Waals surface area contributed by atoms with E-state index in [0.29, 0.717) is 0 Å². The zero-order chi connectivity index (χ0) is 21.8. The minimum Gasteiger partial charge on any atom is -0.543 e. The molecule has 0 saturated carbocycles. The van der Waals surface area contributed by atoms with E-state index in [1.54, 1.807) is 4.90 Å². The third kappa shape index (κ3) is 4.89. The Bertz CT molecular complexity index is 1090. The summed E-state index contributed by atoms with van der Waals surface area (Å²) in [5.41, 5.74) is 3.24. The number of aromatic carboxylic acids is 1. The number of piperazine rings is 1. The first-order valence-electron chi connectivity index (χ1n) is 10.1. The molecule has 160 valence electrons. The summed E-state index contributed by atoms with van der Waals surface area (Å²) < 4.78 is 0. The molecular formula is C22H24N6O2S. The van der Waals surface area contributed by atoms with Gasteiger partial charge >= 0.3 is 0 Å². The first-order valence-corrected chi connectivity index (χ1v) is 10.9. The maximum absolute atomic E-state index is 9.99. The summed E-state index contributed by atoms with van der Waals surface area (Å²) in [4.78, 5) is 27.4. The van der Waals surface area contributed by atoms with E-state index in [1.165, 1.54) is 40.9 Å². The number of hydrogen-bond acceptors (Lipinski definition) is 8. The lowest BCUT2D eigenvalue weighted by Crippen LogP contribution is -3.12. The fourth-order valence-corrected chi connectivity index (χ4v) is 4.41. The number of hydrogen-bond donors (Lipinski definition) is 2. The number of carbonyl (C=O) groups excluding carboxylic acids is 1. The van der Waals surface area contributed by atoms with Crippen LogP contribution in [-0.2, 0) is 0 Å². The van der Waals surface area contributed by atoms with Crippen LogP contribution in [-0.4, -0.2) is 59.9 Å². The Balaban J connectivity index is 0.000000217. The summed E-state index contributed by atoms with van der Waals surface area (Å²) in [6.45, 7) is 6.65. The van der Waals surface area contributed by atoms with Crippen molar-refractivity contribution in [2.45, 2.75) is 6.92 Å². The molecular weight excluding hydrogens is 412 g/mol. The van der Waals surface area contributed by atoms with Crippen LogP contribution in [0.4, 0.5) is 16.4 Å². The highest BCUT2D eigenvalue weighted by molar-refractivity contribution is 7.16. The average molecular weight is 437 g/mol. The molecule has 2 aliphatic heterocycles. The fourth-order valence-electron chi connectivity index (χ4n) is 3.49. The number of thiophene rings is 1. The summed E-state index contributed by atoms with van der Waals surface area (Å²) in [5.74, 6) is -0.174. The Labute approximate surface area is 184 Å². The zero-order valence-electron chi connectivity index (χ0n) is 17.5. The Morgan fingerprint density at radius 2 is 2.00 bits per heavy atom. The van der Waals surface area contributed by atoms with Crippen molar-refractivity contribution in [3.8, 4) is 0 Å². The summed E-state index contributed by atoms with van der Waals surface area (Å²) in [6, 6.07) is 10.6. The van der Waals surface area contributed by atoms with Gasteiger partial charge in [0.2, 0.25) is 0 Å². The number of aromatic nitrogens is 2. The van der Waals surface area contributed by atoms with Gasteiger partial charge in [0.1, 0.15) is 16.5 Å². The molecule has 4 heterocycles. The number of likely N-dealkylation sites (N-methyl/N-ethyl adjacent to an activating group) is 1. The smallest absolute Gasteiger partial charge is 0.140 e. The normalized spacial score (nSPS) is 15.4. The highest BCUT2D eigenvalue weighted by Gasteiger charge is 2.26. The quantitative estimate of drug-likeness (QED) is 0.587. The molecule has 0 atom stereocenters. The summed E-state index contributed by atoms with van der Waals surface area (Å²) in [5, 5.41) is 14.8. The van der Waals surface area contributed by atoms with Crippen LogP contribution in [0.1, 0.15) is 20.9 Å². The number of nitrogens with zero attached hydrogens (tertiary/aromatic N) is 4. The Morgan fingerprint density at radius 3 is 2.68 bits per heavy atom. The largest absolute Gasteiger partial charge is 0.543 e. The first kappa shape index (κ1) is 21.0. The van der Waals surface area contributed by atoms with Gasteiger partial charge in [0.25, 0.3) is 0 Å². The Kier molecular flexibility index (Phi) is 6.24. The molecule has 2 aromatic heterocycles. The van der Waals surface area contributed by atoms with E-state index >= 15 is 0 Å². The average Bonchev–Trinajstić information content (AvgIpc) is 3.07. The van der Waals surface area contributed by atoms with Gasteiger partial charge in [-0.1, -0.05) is 12.1 Å². The number of aryl methyl sites for hydroxylation is 1. The number of benzene rings is 1. The predicted octanol–water partition coefficient (Wildman–Crippen LogP) is 0.862. The second kappa shape index (κ2) is 9.23. The van der Waals surface area contributed by atoms with Crippen LogP contribution >= 0.6 is 11.3 Å². The van der Waals surface area contributed by atoms with Gasteiger partial charge < -0.3 is 25.0 Å². The molecule has 9 heteroatoms. The van der Waals surface area contributed by atoms with Crippen LogP contribution in [0.5, 0.6) is 0 Å². The van der Waals surface area contributed by atoms with Crippen molar-refractivity contribution in [1.82, 2.24) is 14.9 Å². The number of para-hydroxylation sites is 2. The highest BCUT2D eigenvalue weighted by atomic mass is 32.1. The number of amidine groups is 1.